The molecule has 0 atom stereocenters. The molecule has 6 heteroatoms. The molecule has 0 aromatic rings. The zero-order valence-electron chi connectivity index (χ0n) is 7.41. The van der Waals surface area contributed by atoms with E-state index in [0.717, 1.165) is 0 Å². The van der Waals surface area contributed by atoms with Crippen molar-refractivity contribution >= 4 is 0 Å². The van der Waals surface area contributed by atoms with Crippen molar-refractivity contribution in [2.24, 2.45) is 5.92 Å². The Morgan fingerprint density at radius 3 is 1.71 bits per heavy atom. The summed E-state index contributed by atoms with van der Waals surface area (Å²) in [5.74, 6) is -3.22. The van der Waals surface area contributed by atoms with E-state index in [4.69, 9.17) is 0 Å². The maximum Gasteiger partial charge on any atom is 0.400 e. The first-order valence-electron chi connectivity index (χ1n) is 3.94. The second-order valence-corrected chi connectivity index (χ2v) is 2.78. The molecule has 0 aliphatic rings. The van der Waals surface area contributed by atoms with Crippen LogP contribution in [0.2, 0.25) is 0 Å². The molecule has 84 valence electrons. The lowest BCUT2D eigenvalue weighted by Crippen LogP contribution is -2.36. The van der Waals surface area contributed by atoms with Crippen LogP contribution in [0.4, 0.5) is 26.3 Å². The van der Waals surface area contributed by atoms with Crippen molar-refractivity contribution in [1.82, 2.24) is 0 Å². The van der Waals surface area contributed by atoms with Gasteiger partial charge >= 0.3 is 12.4 Å². The fourth-order valence-electron chi connectivity index (χ4n) is 0.942. The highest BCUT2D eigenvalue weighted by molar-refractivity contribution is 4.82. The molecule has 14 heavy (non-hydrogen) atoms. The summed E-state index contributed by atoms with van der Waals surface area (Å²) in [6.07, 6.45) is -8.88. The normalized spacial score (nSPS) is 14.3. The van der Waals surface area contributed by atoms with E-state index in [1.165, 1.54) is 19.1 Å². The smallest absolute Gasteiger partial charge is 0.170 e. The molecule has 0 unspecified atom stereocenters. The van der Waals surface area contributed by atoms with Crippen molar-refractivity contribution < 1.29 is 26.3 Å². The Balaban J connectivity index is 4.43. The van der Waals surface area contributed by atoms with Gasteiger partial charge in [-0.15, -0.1) is 0 Å². The van der Waals surface area contributed by atoms with Gasteiger partial charge in [-0.1, -0.05) is 12.2 Å². The molecule has 0 radical (unpaired) electrons. The number of rotatable bonds is 3. The Kier molecular flexibility index (Phi) is 4.48. The predicted octanol–water partition coefficient (Wildman–Crippen LogP) is 4.08. The summed E-state index contributed by atoms with van der Waals surface area (Å²) in [6, 6.07) is 0. The highest BCUT2D eigenvalue weighted by Crippen LogP contribution is 2.41. The van der Waals surface area contributed by atoms with Crippen LogP contribution in [0.15, 0.2) is 12.2 Å². The molecule has 0 spiro atoms. The lowest BCUT2D eigenvalue weighted by molar-refractivity contribution is -0.285. The van der Waals surface area contributed by atoms with E-state index < -0.39 is 24.7 Å². The van der Waals surface area contributed by atoms with Crippen molar-refractivity contribution in [1.29, 1.82) is 0 Å². The lowest BCUT2D eigenvalue weighted by atomic mass is 10.0. The number of alkyl halides is 6. The van der Waals surface area contributed by atoms with Crippen LogP contribution in [0.5, 0.6) is 0 Å². The lowest BCUT2D eigenvalue weighted by Gasteiger charge is -2.22. The maximum absolute atomic E-state index is 11.9. The highest BCUT2D eigenvalue weighted by Gasteiger charge is 2.55. The van der Waals surface area contributed by atoms with Crippen molar-refractivity contribution in [2.45, 2.75) is 32.1 Å². The first-order chi connectivity index (χ1) is 6.19. The molecule has 0 nitrogen and oxygen atoms in total. The molecular weight excluding hydrogens is 210 g/mol. The molecule has 0 aromatic carbocycles. The fraction of sp³-hybridized carbons (Fsp3) is 0.750. The van der Waals surface area contributed by atoms with Crippen LogP contribution in [-0.2, 0) is 0 Å². The molecule has 0 aliphatic heterocycles. The van der Waals surface area contributed by atoms with E-state index in [1.54, 1.807) is 0 Å². The molecule has 0 heterocycles. The minimum Gasteiger partial charge on any atom is -0.170 e. The summed E-state index contributed by atoms with van der Waals surface area (Å²) in [5.41, 5.74) is 0. The fourth-order valence-corrected chi connectivity index (χ4v) is 0.942. The van der Waals surface area contributed by atoms with Gasteiger partial charge in [0.2, 0.25) is 0 Å². The summed E-state index contributed by atoms with van der Waals surface area (Å²) in [7, 11) is 0. The molecule has 0 bridgehead atoms. The van der Waals surface area contributed by atoms with E-state index in [2.05, 4.69) is 0 Å². The van der Waals surface area contributed by atoms with Gasteiger partial charge in [-0.25, -0.2) is 0 Å². The standard InChI is InChI=1S/C8H10F6/c1-2-3-4-5-6(7(9,10)11)8(12,13)14/h2-3,6H,4-5H2,1H3. The van der Waals surface area contributed by atoms with Crippen molar-refractivity contribution in [3.8, 4) is 0 Å². The third-order valence-corrected chi connectivity index (χ3v) is 1.65. The van der Waals surface area contributed by atoms with Crippen molar-refractivity contribution in [2.75, 3.05) is 0 Å². The van der Waals surface area contributed by atoms with E-state index in [0.29, 0.717) is 0 Å². The largest absolute Gasteiger partial charge is 0.400 e. The van der Waals surface area contributed by atoms with Gasteiger partial charge in [0.15, 0.2) is 5.92 Å². The average Bonchev–Trinajstić information content (AvgIpc) is 1.92. The van der Waals surface area contributed by atoms with Gasteiger partial charge in [-0.2, -0.15) is 26.3 Å². The van der Waals surface area contributed by atoms with Crippen LogP contribution in [0.1, 0.15) is 19.8 Å². The molecule has 0 N–H and O–H groups in total. The Morgan fingerprint density at radius 1 is 1.00 bits per heavy atom. The van der Waals surface area contributed by atoms with Crippen LogP contribution in [0.25, 0.3) is 0 Å². The molecule has 0 aliphatic carbocycles. The Morgan fingerprint density at radius 2 is 1.43 bits per heavy atom. The Labute approximate surface area is 77.6 Å². The number of halogens is 6. The maximum atomic E-state index is 11.9. The van der Waals surface area contributed by atoms with Crippen molar-refractivity contribution in [3.05, 3.63) is 12.2 Å². The molecule has 0 fully saturated rings. The van der Waals surface area contributed by atoms with E-state index in [9.17, 15) is 26.3 Å². The number of allylic oxidation sites excluding steroid dienone is 2. The molecular formula is C8H10F6. The topological polar surface area (TPSA) is 0 Å². The first kappa shape index (κ1) is 13.3. The summed E-state index contributed by atoms with van der Waals surface area (Å²) in [4.78, 5) is 0. The first-order valence-corrected chi connectivity index (χ1v) is 3.94. The van der Waals surface area contributed by atoms with Crippen LogP contribution < -0.4 is 0 Å². The highest BCUT2D eigenvalue weighted by atomic mass is 19.4. The van der Waals surface area contributed by atoms with Gasteiger partial charge < -0.3 is 0 Å². The van der Waals surface area contributed by atoms with Gasteiger partial charge in [0, 0.05) is 0 Å². The quantitative estimate of drug-likeness (QED) is 0.496. The van der Waals surface area contributed by atoms with Crippen molar-refractivity contribution in [3.63, 3.8) is 0 Å². The monoisotopic (exact) mass is 220 g/mol. The van der Waals surface area contributed by atoms with Crippen LogP contribution in [0, 0.1) is 5.92 Å². The van der Waals surface area contributed by atoms with Gasteiger partial charge in [-0.3, -0.25) is 0 Å². The van der Waals surface area contributed by atoms with Gasteiger partial charge in [0.25, 0.3) is 0 Å². The third-order valence-electron chi connectivity index (χ3n) is 1.65. The SMILES string of the molecule is CC=CCCC(C(F)(F)F)C(F)(F)F. The minimum atomic E-state index is -5.21. The molecule has 0 saturated heterocycles. The van der Waals surface area contributed by atoms with Crippen LogP contribution >= 0.6 is 0 Å². The third kappa shape index (κ3) is 4.53. The molecule has 0 saturated carbocycles. The van der Waals surface area contributed by atoms with Crippen LogP contribution in [0.3, 0.4) is 0 Å². The van der Waals surface area contributed by atoms with E-state index in [-0.39, 0.29) is 6.42 Å². The predicted molar refractivity (Wildman–Crippen MR) is 39.6 cm³/mol. The van der Waals surface area contributed by atoms with Gasteiger partial charge in [0.05, 0.1) is 0 Å². The minimum absolute atomic E-state index is 0.222. The Hall–Kier alpha value is -0.680. The summed E-state index contributed by atoms with van der Waals surface area (Å²) < 4.78 is 71.4. The Bertz CT molecular complexity index is 173. The summed E-state index contributed by atoms with van der Waals surface area (Å²) in [6.45, 7) is 1.54. The number of hydrogen-bond donors (Lipinski definition) is 0. The molecule has 0 rings (SSSR count). The van der Waals surface area contributed by atoms with E-state index >= 15 is 0 Å². The zero-order chi connectivity index (χ0) is 11.4. The van der Waals surface area contributed by atoms with Gasteiger partial charge in [-0.05, 0) is 19.8 Å². The van der Waals surface area contributed by atoms with Gasteiger partial charge in [0.1, 0.15) is 0 Å². The van der Waals surface area contributed by atoms with E-state index in [1.807, 2.05) is 0 Å². The molecule has 0 amide bonds. The molecule has 0 aromatic heterocycles. The van der Waals surface area contributed by atoms with Crippen LogP contribution in [-0.4, -0.2) is 12.4 Å². The second kappa shape index (κ2) is 4.70. The average molecular weight is 220 g/mol. The number of hydrogen-bond acceptors (Lipinski definition) is 0. The second-order valence-electron chi connectivity index (χ2n) is 2.78. The summed E-state index contributed by atoms with van der Waals surface area (Å²) >= 11 is 0. The zero-order valence-corrected chi connectivity index (χ0v) is 7.41. The summed E-state index contributed by atoms with van der Waals surface area (Å²) in [5, 5.41) is 0.